The standard InChI is InChI=1S/C19H18ClN3O3S/c1-13-5-4-7-15(11-13)26-12-18(25)22-23-19(27)21-17(24)10-9-14-6-2-3-8-16(14)20/h2-11H,12H2,1H3,(H,22,25)(H2,21,23,24,27). The van der Waals surface area contributed by atoms with Crippen molar-refractivity contribution in [1.82, 2.24) is 16.2 Å². The Balaban J connectivity index is 1.71. The van der Waals surface area contributed by atoms with Gasteiger partial charge in [0.25, 0.3) is 5.91 Å². The lowest BCUT2D eigenvalue weighted by atomic mass is 10.2. The molecule has 3 N–H and O–H groups in total. The van der Waals surface area contributed by atoms with Gasteiger partial charge in [-0.3, -0.25) is 25.8 Å². The number of thiocarbonyl (C=S) groups is 1. The fourth-order valence-corrected chi connectivity index (χ4v) is 2.33. The molecule has 0 bridgehead atoms. The molecule has 2 rings (SSSR count). The number of hydrogen-bond donors (Lipinski definition) is 3. The molecule has 6 nitrogen and oxygen atoms in total. The molecule has 0 atom stereocenters. The molecule has 0 saturated carbocycles. The predicted octanol–water partition coefficient (Wildman–Crippen LogP) is 2.76. The molecule has 0 aliphatic carbocycles. The second-order valence-corrected chi connectivity index (χ2v) is 6.27. The van der Waals surface area contributed by atoms with Gasteiger partial charge in [0.2, 0.25) is 5.91 Å². The van der Waals surface area contributed by atoms with Gasteiger partial charge in [0.05, 0.1) is 0 Å². The van der Waals surface area contributed by atoms with Crippen molar-refractivity contribution in [2.45, 2.75) is 6.92 Å². The number of benzene rings is 2. The topological polar surface area (TPSA) is 79.5 Å². The van der Waals surface area contributed by atoms with Crippen LogP contribution in [-0.4, -0.2) is 23.5 Å². The van der Waals surface area contributed by atoms with Crippen LogP contribution < -0.4 is 20.9 Å². The van der Waals surface area contributed by atoms with E-state index in [4.69, 9.17) is 28.6 Å². The molecule has 0 saturated heterocycles. The summed E-state index contributed by atoms with van der Waals surface area (Å²) in [4.78, 5) is 23.6. The maximum absolute atomic E-state index is 11.8. The molecule has 0 heterocycles. The molecule has 2 amide bonds. The van der Waals surface area contributed by atoms with Crippen molar-refractivity contribution >= 4 is 46.8 Å². The zero-order chi connectivity index (χ0) is 19.6. The van der Waals surface area contributed by atoms with Crippen molar-refractivity contribution in [3.05, 3.63) is 70.8 Å². The third-order valence-corrected chi connectivity index (χ3v) is 3.78. The summed E-state index contributed by atoms with van der Waals surface area (Å²) >= 11 is 10.9. The van der Waals surface area contributed by atoms with Crippen LogP contribution in [0.3, 0.4) is 0 Å². The van der Waals surface area contributed by atoms with Crippen LogP contribution in [0.4, 0.5) is 0 Å². The molecule has 2 aromatic carbocycles. The molecule has 27 heavy (non-hydrogen) atoms. The van der Waals surface area contributed by atoms with Crippen LogP contribution in [-0.2, 0) is 9.59 Å². The van der Waals surface area contributed by atoms with E-state index in [1.165, 1.54) is 6.08 Å². The molecule has 140 valence electrons. The minimum Gasteiger partial charge on any atom is -0.484 e. The molecule has 0 spiro atoms. The van der Waals surface area contributed by atoms with Gasteiger partial charge in [0, 0.05) is 11.1 Å². The lowest BCUT2D eigenvalue weighted by molar-refractivity contribution is -0.123. The van der Waals surface area contributed by atoms with Gasteiger partial charge in [0.1, 0.15) is 5.75 Å². The van der Waals surface area contributed by atoms with E-state index in [0.29, 0.717) is 16.3 Å². The van der Waals surface area contributed by atoms with Crippen molar-refractivity contribution in [3.8, 4) is 5.75 Å². The summed E-state index contributed by atoms with van der Waals surface area (Å²) in [6, 6.07) is 14.4. The Morgan fingerprint density at radius 3 is 2.67 bits per heavy atom. The molecule has 8 heteroatoms. The highest BCUT2D eigenvalue weighted by atomic mass is 35.5. The highest BCUT2D eigenvalue weighted by molar-refractivity contribution is 7.80. The van der Waals surface area contributed by atoms with Crippen molar-refractivity contribution < 1.29 is 14.3 Å². The van der Waals surface area contributed by atoms with E-state index >= 15 is 0 Å². The molecule has 0 aromatic heterocycles. The van der Waals surface area contributed by atoms with Gasteiger partial charge < -0.3 is 4.74 Å². The van der Waals surface area contributed by atoms with Crippen molar-refractivity contribution in [2.24, 2.45) is 0 Å². The number of ether oxygens (including phenoxy) is 1. The zero-order valence-corrected chi connectivity index (χ0v) is 16.1. The maximum atomic E-state index is 11.8. The lowest BCUT2D eigenvalue weighted by Gasteiger charge is -2.10. The smallest absolute Gasteiger partial charge is 0.276 e. The SMILES string of the molecule is Cc1cccc(OCC(=O)NNC(=S)NC(=O)C=Cc2ccccc2Cl)c1. The average Bonchev–Trinajstić information content (AvgIpc) is 2.64. The molecule has 0 fully saturated rings. The van der Waals surface area contributed by atoms with Crippen LogP contribution in [0, 0.1) is 6.92 Å². The number of carbonyl (C=O) groups excluding carboxylic acids is 2. The number of nitrogens with one attached hydrogen (secondary N) is 3. The van der Waals surface area contributed by atoms with Gasteiger partial charge in [-0.2, -0.15) is 0 Å². The van der Waals surface area contributed by atoms with Gasteiger partial charge in [-0.25, -0.2) is 0 Å². The van der Waals surface area contributed by atoms with Gasteiger partial charge in [-0.1, -0.05) is 41.9 Å². The summed E-state index contributed by atoms with van der Waals surface area (Å²) in [5.74, 6) is -0.317. The van der Waals surface area contributed by atoms with E-state index < -0.39 is 11.8 Å². The number of halogens is 1. The summed E-state index contributed by atoms with van der Waals surface area (Å²) in [6.07, 6.45) is 2.85. The first-order valence-electron chi connectivity index (χ1n) is 7.96. The summed E-state index contributed by atoms with van der Waals surface area (Å²) in [6.45, 7) is 1.73. The number of rotatable bonds is 5. The normalized spacial score (nSPS) is 10.3. The Hall–Kier alpha value is -2.90. The minimum atomic E-state index is -0.460. The van der Waals surface area contributed by atoms with Crippen molar-refractivity contribution in [1.29, 1.82) is 0 Å². The fourth-order valence-electron chi connectivity index (χ4n) is 1.98. The number of hydrazine groups is 1. The number of amides is 2. The van der Waals surface area contributed by atoms with Crippen LogP contribution in [0.1, 0.15) is 11.1 Å². The molecular weight excluding hydrogens is 386 g/mol. The quantitative estimate of drug-likeness (QED) is 0.406. The second kappa shape index (κ2) is 10.3. The van der Waals surface area contributed by atoms with Crippen LogP contribution in [0.2, 0.25) is 5.02 Å². The van der Waals surface area contributed by atoms with E-state index in [-0.39, 0.29) is 11.7 Å². The summed E-state index contributed by atoms with van der Waals surface area (Å²) < 4.78 is 5.35. The average molecular weight is 404 g/mol. The number of hydrogen-bond acceptors (Lipinski definition) is 4. The van der Waals surface area contributed by atoms with E-state index in [1.54, 1.807) is 30.3 Å². The lowest BCUT2D eigenvalue weighted by Crippen LogP contribution is -2.49. The first-order chi connectivity index (χ1) is 12.9. The first kappa shape index (κ1) is 20.4. The third kappa shape index (κ3) is 7.47. The third-order valence-electron chi connectivity index (χ3n) is 3.23. The molecule has 0 aliphatic heterocycles. The Bertz CT molecular complexity index is 871. The Morgan fingerprint density at radius 2 is 1.93 bits per heavy atom. The first-order valence-corrected chi connectivity index (χ1v) is 8.74. The summed E-state index contributed by atoms with van der Waals surface area (Å²) in [5, 5.41) is 2.88. The van der Waals surface area contributed by atoms with E-state index in [9.17, 15) is 9.59 Å². The Labute approximate surface area is 167 Å². The van der Waals surface area contributed by atoms with Gasteiger partial charge in [-0.15, -0.1) is 0 Å². The monoisotopic (exact) mass is 403 g/mol. The number of carbonyl (C=O) groups is 2. The molecule has 0 aliphatic rings. The van der Waals surface area contributed by atoms with Crippen LogP contribution in [0.25, 0.3) is 6.08 Å². The Morgan fingerprint density at radius 1 is 1.15 bits per heavy atom. The highest BCUT2D eigenvalue weighted by Gasteiger charge is 2.05. The minimum absolute atomic E-state index is 0.0484. The highest BCUT2D eigenvalue weighted by Crippen LogP contribution is 2.16. The van der Waals surface area contributed by atoms with Gasteiger partial charge in [-0.05, 0) is 54.5 Å². The van der Waals surface area contributed by atoms with Crippen LogP contribution in [0.15, 0.2) is 54.6 Å². The molecule has 2 aromatic rings. The number of aryl methyl sites for hydroxylation is 1. The van der Waals surface area contributed by atoms with Crippen molar-refractivity contribution in [2.75, 3.05) is 6.61 Å². The van der Waals surface area contributed by atoms with Crippen LogP contribution in [0.5, 0.6) is 5.75 Å². The summed E-state index contributed by atoms with van der Waals surface area (Å²) in [5.41, 5.74) is 6.50. The largest absolute Gasteiger partial charge is 0.484 e. The summed E-state index contributed by atoms with van der Waals surface area (Å²) in [7, 11) is 0. The van der Waals surface area contributed by atoms with E-state index in [0.717, 1.165) is 5.56 Å². The van der Waals surface area contributed by atoms with Crippen LogP contribution >= 0.6 is 23.8 Å². The van der Waals surface area contributed by atoms with E-state index in [1.807, 2.05) is 31.2 Å². The fraction of sp³-hybridized carbons (Fsp3) is 0.105. The zero-order valence-electron chi connectivity index (χ0n) is 14.5. The molecular formula is C19H18ClN3O3S. The molecule has 0 unspecified atom stereocenters. The van der Waals surface area contributed by atoms with Gasteiger partial charge in [0.15, 0.2) is 11.7 Å². The second-order valence-electron chi connectivity index (χ2n) is 5.45. The predicted molar refractivity (Wildman–Crippen MR) is 109 cm³/mol. The van der Waals surface area contributed by atoms with E-state index in [2.05, 4.69) is 16.2 Å². The molecule has 0 radical (unpaired) electrons. The maximum Gasteiger partial charge on any atom is 0.276 e. The van der Waals surface area contributed by atoms with Gasteiger partial charge >= 0.3 is 0 Å². The van der Waals surface area contributed by atoms with Crippen molar-refractivity contribution in [3.63, 3.8) is 0 Å². The Kier molecular flexibility index (Phi) is 7.79.